The molecule has 0 aromatic rings. The molecule has 12 heavy (non-hydrogen) atoms. The third-order valence-electron chi connectivity index (χ3n) is 1.96. The summed E-state index contributed by atoms with van der Waals surface area (Å²) >= 11 is 11.3. The van der Waals surface area contributed by atoms with Gasteiger partial charge < -0.3 is 0 Å². The molecule has 1 nitrogen and oxygen atoms in total. The molecule has 0 aliphatic heterocycles. The van der Waals surface area contributed by atoms with E-state index < -0.39 is 0 Å². The molecular formula is C8H18Cl3N. The van der Waals surface area contributed by atoms with E-state index >= 15 is 0 Å². The summed E-state index contributed by atoms with van der Waals surface area (Å²) in [5.74, 6) is 1.39. The summed E-state index contributed by atoms with van der Waals surface area (Å²) in [7, 11) is 0. The summed E-state index contributed by atoms with van der Waals surface area (Å²) in [5.41, 5.74) is 0. The van der Waals surface area contributed by atoms with Gasteiger partial charge >= 0.3 is 0 Å². The monoisotopic (exact) mass is 233 g/mol. The van der Waals surface area contributed by atoms with E-state index in [0.717, 1.165) is 19.5 Å². The van der Waals surface area contributed by atoms with Gasteiger partial charge in [-0.05, 0) is 13.3 Å². The molecule has 0 bridgehead atoms. The Hall–Kier alpha value is 0.830. The van der Waals surface area contributed by atoms with Crippen LogP contribution in [0.4, 0.5) is 0 Å². The van der Waals surface area contributed by atoms with Gasteiger partial charge in [-0.25, -0.2) is 0 Å². The van der Waals surface area contributed by atoms with E-state index in [1.54, 1.807) is 0 Å². The van der Waals surface area contributed by atoms with Crippen molar-refractivity contribution in [1.29, 1.82) is 0 Å². The van der Waals surface area contributed by atoms with Crippen molar-refractivity contribution in [2.24, 2.45) is 0 Å². The van der Waals surface area contributed by atoms with Gasteiger partial charge in [0.25, 0.3) is 0 Å². The van der Waals surface area contributed by atoms with E-state index in [0.29, 0.717) is 17.8 Å². The van der Waals surface area contributed by atoms with Crippen LogP contribution in [0.3, 0.4) is 0 Å². The van der Waals surface area contributed by atoms with Crippen LogP contribution in [0.1, 0.15) is 20.3 Å². The summed E-state index contributed by atoms with van der Waals surface area (Å²) in [6.07, 6.45) is 1.16. The maximum atomic E-state index is 5.65. The van der Waals surface area contributed by atoms with Gasteiger partial charge in [0.05, 0.1) is 0 Å². The van der Waals surface area contributed by atoms with E-state index in [1.807, 2.05) is 0 Å². The fourth-order valence-corrected chi connectivity index (χ4v) is 1.46. The smallest absolute Gasteiger partial charge is 0.0351 e. The normalized spacial score (nSPS) is 12.8. The molecule has 0 aliphatic carbocycles. The first-order valence-corrected chi connectivity index (χ1v) is 5.19. The largest absolute Gasteiger partial charge is 0.298 e. The summed E-state index contributed by atoms with van der Waals surface area (Å²) in [5, 5.41) is 0. The van der Waals surface area contributed by atoms with Crippen LogP contribution < -0.4 is 0 Å². The van der Waals surface area contributed by atoms with Crippen LogP contribution >= 0.6 is 35.6 Å². The third-order valence-corrected chi connectivity index (χ3v) is 2.30. The molecule has 0 saturated carbocycles. The number of hydrogen-bond acceptors (Lipinski definition) is 1. The van der Waals surface area contributed by atoms with Crippen molar-refractivity contribution >= 4 is 35.6 Å². The lowest BCUT2D eigenvalue weighted by Gasteiger charge is -2.26. The fraction of sp³-hybridized carbons (Fsp3) is 1.00. The van der Waals surface area contributed by atoms with Crippen molar-refractivity contribution < 1.29 is 0 Å². The molecule has 0 amide bonds. The molecular weight excluding hydrogens is 216 g/mol. The number of hydrogen-bond donors (Lipinski definition) is 0. The summed E-state index contributed by atoms with van der Waals surface area (Å²) in [6.45, 7) is 6.28. The van der Waals surface area contributed by atoms with Crippen LogP contribution in [0.5, 0.6) is 0 Å². The maximum absolute atomic E-state index is 5.65. The Bertz CT molecular complexity index is 84.4. The standard InChI is InChI=1S/C8H17Cl2N.ClH/c1-3-8(2)11(6-4-9)7-5-10;/h8H,3-7H2,1-2H3;1H. The molecule has 0 rings (SSSR count). The molecule has 0 aromatic heterocycles. The van der Waals surface area contributed by atoms with Crippen molar-refractivity contribution in [3.63, 3.8) is 0 Å². The zero-order chi connectivity index (χ0) is 8.69. The van der Waals surface area contributed by atoms with Gasteiger partial charge in [0, 0.05) is 30.9 Å². The predicted octanol–water partition coefficient (Wildman–Crippen LogP) is 2.99. The van der Waals surface area contributed by atoms with Crippen molar-refractivity contribution in [2.45, 2.75) is 26.3 Å². The first-order valence-electron chi connectivity index (χ1n) is 4.12. The highest BCUT2D eigenvalue weighted by Gasteiger charge is 2.09. The first kappa shape index (κ1) is 15.3. The molecule has 0 saturated heterocycles. The van der Waals surface area contributed by atoms with E-state index in [-0.39, 0.29) is 12.4 Å². The molecule has 76 valence electrons. The maximum Gasteiger partial charge on any atom is 0.0351 e. The van der Waals surface area contributed by atoms with Crippen LogP contribution in [-0.4, -0.2) is 35.8 Å². The van der Waals surface area contributed by atoms with Crippen LogP contribution in [0, 0.1) is 0 Å². The molecule has 0 aromatic carbocycles. The minimum atomic E-state index is 0. The van der Waals surface area contributed by atoms with Crippen molar-refractivity contribution in [3.05, 3.63) is 0 Å². The molecule has 4 heteroatoms. The van der Waals surface area contributed by atoms with Crippen LogP contribution in [0.25, 0.3) is 0 Å². The van der Waals surface area contributed by atoms with Gasteiger partial charge in [-0.3, -0.25) is 4.90 Å². The third kappa shape index (κ3) is 6.36. The van der Waals surface area contributed by atoms with Crippen LogP contribution in [0.2, 0.25) is 0 Å². The Morgan fingerprint density at radius 2 is 1.58 bits per heavy atom. The lowest BCUT2D eigenvalue weighted by Crippen LogP contribution is -2.35. The number of nitrogens with zero attached hydrogens (tertiary/aromatic N) is 1. The number of rotatable bonds is 6. The Kier molecular flexibility index (Phi) is 12.6. The molecule has 0 heterocycles. The van der Waals surface area contributed by atoms with Gasteiger partial charge in [0.1, 0.15) is 0 Å². The zero-order valence-electron chi connectivity index (χ0n) is 7.72. The molecule has 0 radical (unpaired) electrons. The SMILES string of the molecule is CCC(C)N(CCCl)CCCl.Cl. The van der Waals surface area contributed by atoms with Gasteiger partial charge in [-0.15, -0.1) is 35.6 Å². The Labute approximate surface area is 91.8 Å². The number of alkyl halides is 2. The minimum absolute atomic E-state index is 0. The summed E-state index contributed by atoms with van der Waals surface area (Å²) in [4.78, 5) is 2.32. The second-order valence-corrected chi connectivity index (χ2v) is 3.43. The number of halogens is 3. The van der Waals surface area contributed by atoms with Crippen LogP contribution in [-0.2, 0) is 0 Å². The van der Waals surface area contributed by atoms with E-state index in [9.17, 15) is 0 Å². The average molecular weight is 235 g/mol. The fourth-order valence-electron chi connectivity index (χ4n) is 1.03. The molecule has 0 aliphatic rings. The van der Waals surface area contributed by atoms with Crippen LogP contribution in [0.15, 0.2) is 0 Å². The van der Waals surface area contributed by atoms with Crippen molar-refractivity contribution in [1.82, 2.24) is 4.90 Å². The summed E-state index contributed by atoms with van der Waals surface area (Å²) < 4.78 is 0. The van der Waals surface area contributed by atoms with Crippen molar-refractivity contribution in [3.8, 4) is 0 Å². The Balaban J connectivity index is 0. The Morgan fingerprint density at radius 1 is 1.17 bits per heavy atom. The molecule has 1 unspecified atom stereocenters. The second-order valence-electron chi connectivity index (χ2n) is 2.67. The lowest BCUT2D eigenvalue weighted by molar-refractivity contribution is 0.229. The highest BCUT2D eigenvalue weighted by Crippen LogP contribution is 2.03. The molecule has 0 N–H and O–H groups in total. The lowest BCUT2D eigenvalue weighted by atomic mass is 10.2. The van der Waals surface area contributed by atoms with Gasteiger partial charge in [0.2, 0.25) is 0 Å². The summed E-state index contributed by atoms with van der Waals surface area (Å²) in [6, 6.07) is 0.604. The second kappa shape index (κ2) is 9.91. The van der Waals surface area contributed by atoms with E-state index in [1.165, 1.54) is 0 Å². The van der Waals surface area contributed by atoms with Gasteiger partial charge in [-0.2, -0.15) is 0 Å². The van der Waals surface area contributed by atoms with Gasteiger partial charge in [-0.1, -0.05) is 6.92 Å². The Morgan fingerprint density at radius 3 is 1.83 bits per heavy atom. The molecule has 1 atom stereocenters. The molecule has 0 fully saturated rings. The zero-order valence-corrected chi connectivity index (χ0v) is 10.1. The topological polar surface area (TPSA) is 3.24 Å². The first-order chi connectivity index (χ1) is 5.26. The minimum Gasteiger partial charge on any atom is -0.298 e. The van der Waals surface area contributed by atoms with E-state index in [2.05, 4.69) is 18.7 Å². The average Bonchev–Trinajstić information content (AvgIpc) is 2.03. The van der Waals surface area contributed by atoms with Crippen molar-refractivity contribution in [2.75, 3.05) is 24.8 Å². The van der Waals surface area contributed by atoms with E-state index in [4.69, 9.17) is 23.2 Å². The highest BCUT2D eigenvalue weighted by molar-refractivity contribution is 6.18. The highest BCUT2D eigenvalue weighted by atomic mass is 35.5. The predicted molar refractivity (Wildman–Crippen MR) is 60.0 cm³/mol. The quantitative estimate of drug-likeness (QED) is 0.639. The van der Waals surface area contributed by atoms with Gasteiger partial charge in [0.15, 0.2) is 0 Å². The molecule has 0 spiro atoms.